The SMILES string of the molecule is CCOc1ccnc(N(C)CCCCCBr)n1. The van der Waals surface area contributed by atoms with E-state index in [9.17, 15) is 0 Å². The minimum atomic E-state index is 0.630. The van der Waals surface area contributed by atoms with Gasteiger partial charge in [-0.15, -0.1) is 0 Å². The predicted molar refractivity (Wildman–Crippen MR) is 74.1 cm³/mol. The first-order valence-electron chi connectivity index (χ1n) is 6.01. The molecule has 0 saturated carbocycles. The quantitative estimate of drug-likeness (QED) is 0.547. The fourth-order valence-electron chi connectivity index (χ4n) is 1.46. The van der Waals surface area contributed by atoms with Crippen molar-refractivity contribution in [3.05, 3.63) is 12.3 Å². The highest BCUT2D eigenvalue weighted by atomic mass is 79.9. The monoisotopic (exact) mass is 301 g/mol. The van der Waals surface area contributed by atoms with Crippen molar-refractivity contribution in [1.29, 1.82) is 0 Å². The maximum atomic E-state index is 5.36. The second-order valence-electron chi connectivity index (χ2n) is 3.80. The lowest BCUT2D eigenvalue weighted by Gasteiger charge is -2.17. The number of rotatable bonds is 8. The summed E-state index contributed by atoms with van der Waals surface area (Å²) in [4.78, 5) is 10.7. The van der Waals surface area contributed by atoms with Gasteiger partial charge in [-0.2, -0.15) is 4.98 Å². The smallest absolute Gasteiger partial charge is 0.228 e. The minimum Gasteiger partial charge on any atom is -0.478 e. The van der Waals surface area contributed by atoms with Crippen molar-refractivity contribution in [3.8, 4) is 5.88 Å². The zero-order valence-corrected chi connectivity index (χ0v) is 12.1. The van der Waals surface area contributed by atoms with Crippen LogP contribution in [0.4, 0.5) is 5.95 Å². The van der Waals surface area contributed by atoms with Crippen LogP contribution >= 0.6 is 15.9 Å². The standard InChI is InChI=1S/C12H20BrN3O/c1-3-17-11-7-9-14-12(15-11)16(2)10-6-4-5-8-13/h7,9H,3-6,8,10H2,1-2H3. The Bertz CT molecular complexity index is 322. The number of unbranched alkanes of at least 4 members (excludes halogenated alkanes) is 2. The number of ether oxygens (including phenoxy) is 1. The number of alkyl halides is 1. The number of halogens is 1. The van der Waals surface area contributed by atoms with Crippen molar-refractivity contribution in [2.45, 2.75) is 26.2 Å². The highest BCUT2D eigenvalue weighted by molar-refractivity contribution is 9.09. The van der Waals surface area contributed by atoms with Crippen LogP contribution < -0.4 is 9.64 Å². The van der Waals surface area contributed by atoms with E-state index >= 15 is 0 Å². The summed E-state index contributed by atoms with van der Waals surface area (Å²) in [6.07, 6.45) is 5.33. The molecule has 0 saturated heterocycles. The normalized spacial score (nSPS) is 10.3. The molecule has 5 heteroatoms. The number of anilines is 1. The van der Waals surface area contributed by atoms with E-state index in [0.717, 1.165) is 24.2 Å². The maximum absolute atomic E-state index is 5.36. The van der Waals surface area contributed by atoms with Crippen molar-refractivity contribution in [2.24, 2.45) is 0 Å². The van der Waals surface area contributed by atoms with E-state index < -0.39 is 0 Å². The van der Waals surface area contributed by atoms with Crippen LogP contribution in [-0.2, 0) is 0 Å². The Morgan fingerprint density at radius 2 is 2.18 bits per heavy atom. The van der Waals surface area contributed by atoms with Crippen molar-refractivity contribution >= 4 is 21.9 Å². The van der Waals surface area contributed by atoms with Crippen LogP contribution in [0.1, 0.15) is 26.2 Å². The lowest BCUT2D eigenvalue weighted by Crippen LogP contribution is -2.21. The molecule has 4 nitrogen and oxygen atoms in total. The highest BCUT2D eigenvalue weighted by Crippen LogP contribution is 2.12. The van der Waals surface area contributed by atoms with E-state index in [1.807, 2.05) is 14.0 Å². The summed E-state index contributed by atoms with van der Waals surface area (Å²) in [6, 6.07) is 1.78. The molecule has 0 aliphatic carbocycles. The molecule has 1 aromatic rings. The number of hydrogen-bond acceptors (Lipinski definition) is 4. The van der Waals surface area contributed by atoms with Gasteiger partial charge in [-0.25, -0.2) is 4.98 Å². The molecule has 0 aromatic carbocycles. The third-order valence-corrected chi connectivity index (χ3v) is 2.94. The Labute approximate surface area is 112 Å². The molecule has 1 rings (SSSR count). The van der Waals surface area contributed by atoms with Gasteiger partial charge in [-0.05, 0) is 19.8 Å². The van der Waals surface area contributed by atoms with E-state index in [-0.39, 0.29) is 0 Å². The average molecular weight is 302 g/mol. The fourth-order valence-corrected chi connectivity index (χ4v) is 1.86. The number of aromatic nitrogens is 2. The van der Waals surface area contributed by atoms with Crippen LogP contribution in [0, 0.1) is 0 Å². The molecular weight excluding hydrogens is 282 g/mol. The molecule has 1 aromatic heterocycles. The van der Waals surface area contributed by atoms with E-state index in [0.29, 0.717) is 12.5 Å². The Balaban J connectivity index is 2.44. The van der Waals surface area contributed by atoms with Gasteiger partial charge in [0, 0.05) is 31.2 Å². The van der Waals surface area contributed by atoms with Crippen LogP contribution in [-0.4, -0.2) is 35.5 Å². The molecule has 96 valence electrons. The largest absolute Gasteiger partial charge is 0.478 e. The van der Waals surface area contributed by atoms with Gasteiger partial charge in [0.2, 0.25) is 11.8 Å². The maximum Gasteiger partial charge on any atom is 0.228 e. The average Bonchev–Trinajstić information content (AvgIpc) is 2.35. The first kappa shape index (κ1) is 14.2. The predicted octanol–water partition coefficient (Wildman–Crippen LogP) is 2.88. The van der Waals surface area contributed by atoms with Gasteiger partial charge in [-0.1, -0.05) is 22.4 Å². The molecule has 0 fully saturated rings. The topological polar surface area (TPSA) is 38.2 Å². The summed E-state index contributed by atoms with van der Waals surface area (Å²) in [6.45, 7) is 3.56. The van der Waals surface area contributed by atoms with Crippen LogP contribution in [0.15, 0.2) is 12.3 Å². The van der Waals surface area contributed by atoms with E-state index in [2.05, 4.69) is 30.8 Å². The van der Waals surface area contributed by atoms with Crippen LogP contribution in [0.3, 0.4) is 0 Å². The highest BCUT2D eigenvalue weighted by Gasteiger charge is 2.05. The van der Waals surface area contributed by atoms with Crippen LogP contribution in [0.2, 0.25) is 0 Å². The second kappa shape index (κ2) is 8.28. The summed E-state index contributed by atoms with van der Waals surface area (Å²) >= 11 is 3.43. The van der Waals surface area contributed by atoms with Gasteiger partial charge >= 0.3 is 0 Å². The molecule has 0 aliphatic rings. The first-order chi connectivity index (χ1) is 8.27. The van der Waals surface area contributed by atoms with Crippen LogP contribution in [0.25, 0.3) is 0 Å². The number of nitrogens with zero attached hydrogens (tertiary/aromatic N) is 3. The van der Waals surface area contributed by atoms with Gasteiger partial charge in [0.25, 0.3) is 0 Å². The van der Waals surface area contributed by atoms with Gasteiger partial charge in [-0.3, -0.25) is 0 Å². The van der Waals surface area contributed by atoms with Gasteiger partial charge in [0.1, 0.15) is 0 Å². The molecule has 0 amide bonds. The lowest BCUT2D eigenvalue weighted by atomic mass is 10.2. The summed E-state index contributed by atoms with van der Waals surface area (Å²) in [5, 5.41) is 1.08. The molecule has 0 radical (unpaired) electrons. The summed E-state index contributed by atoms with van der Waals surface area (Å²) in [7, 11) is 2.01. The fraction of sp³-hybridized carbons (Fsp3) is 0.667. The molecule has 0 spiro atoms. The van der Waals surface area contributed by atoms with Crippen molar-refractivity contribution in [1.82, 2.24) is 9.97 Å². The molecule has 0 unspecified atom stereocenters. The first-order valence-corrected chi connectivity index (χ1v) is 7.13. The lowest BCUT2D eigenvalue weighted by molar-refractivity contribution is 0.326. The second-order valence-corrected chi connectivity index (χ2v) is 4.59. The van der Waals surface area contributed by atoms with Gasteiger partial charge in [0.15, 0.2) is 0 Å². The Morgan fingerprint density at radius 3 is 2.88 bits per heavy atom. The van der Waals surface area contributed by atoms with Crippen molar-refractivity contribution in [3.63, 3.8) is 0 Å². The minimum absolute atomic E-state index is 0.630. The van der Waals surface area contributed by atoms with E-state index in [1.54, 1.807) is 12.3 Å². The molecular formula is C12H20BrN3O. The van der Waals surface area contributed by atoms with Gasteiger partial charge < -0.3 is 9.64 Å². The molecule has 0 N–H and O–H groups in total. The van der Waals surface area contributed by atoms with Crippen LogP contribution in [0.5, 0.6) is 5.88 Å². The number of hydrogen-bond donors (Lipinski definition) is 0. The summed E-state index contributed by atoms with van der Waals surface area (Å²) < 4.78 is 5.36. The third-order valence-electron chi connectivity index (χ3n) is 2.38. The molecule has 1 heterocycles. The zero-order valence-electron chi connectivity index (χ0n) is 10.5. The molecule has 0 bridgehead atoms. The van der Waals surface area contributed by atoms with Gasteiger partial charge in [0.05, 0.1) is 6.61 Å². The Hall–Kier alpha value is -0.840. The third kappa shape index (κ3) is 5.35. The zero-order chi connectivity index (χ0) is 12.5. The molecule has 17 heavy (non-hydrogen) atoms. The summed E-state index contributed by atoms with van der Waals surface area (Å²) in [5.74, 6) is 1.37. The van der Waals surface area contributed by atoms with E-state index in [4.69, 9.17) is 4.74 Å². The summed E-state index contributed by atoms with van der Waals surface area (Å²) in [5.41, 5.74) is 0. The molecule has 0 atom stereocenters. The Kier molecular flexibility index (Phi) is 6.93. The van der Waals surface area contributed by atoms with Crippen molar-refractivity contribution in [2.75, 3.05) is 30.4 Å². The Morgan fingerprint density at radius 1 is 1.35 bits per heavy atom. The van der Waals surface area contributed by atoms with E-state index in [1.165, 1.54) is 12.8 Å². The van der Waals surface area contributed by atoms with Crippen molar-refractivity contribution < 1.29 is 4.74 Å². The molecule has 0 aliphatic heterocycles.